The third-order valence-corrected chi connectivity index (χ3v) is 10.2. The molecule has 7 rings (SSSR count). The largest absolute Gasteiger partial charge is 0.488 e. The van der Waals surface area contributed by atoms with Crippen molar-refractivity contribution in [3.63, 3.8) is 0 Å². The Morgan fingerprint density at radius 1 is 0.641 bits per heavy atom. The van der Waals surface area contributed by atoms with E-state index in [1.165, 1.54) is 6.92 Å². The normalized spacial score (nSPS) is 12.6. The Kier molecular flexibility index (Phi) is 18.1. The second-order valence-corrected chi connectivity index (χ2v) is 14.9. The molecule has 14 nitrogen and oxygen atoms in total. The second kappa shape index (κ2) is 24.1. The summed E-state index contributed by atoms with van der Waals surface area (Å²) in [6.45, 7) is 7.99. The van der Waals surface area contributed by atoms with Crippen LogP contribution in [-0.4, -0.2) is 62.0 Å². The standard InChI is InChI=1S/C26H27NO6.C23H27NO6.CH4/c1-18-24(30-15-19-8-4-2-5-9-19)21(13-23-25(18)33-17-32-23)12-22(14-28)27-26(29)31-16-20-10-6-3-7-11-20;1-4-21(26)24-19(13-27-16(3)25)10-18-11-20-23(30-14-29-20)15(2)22(18)28-12-17-8-6-5-7-9-17;/h2-11,13,22,28H,12,14-17H2,1H3,(H,27,29);5-9,11,19H,4,10,12-14H2,1-3H3,(H,24,26);1H4/t22-;19-;/m00./s1. The Balaban J connectivity index is 0.000000238. The Morgan fingerprint density at radius 3 is 1.53 bits per heavy atom. The van der Waals surface area contributed by atoms with Gasteiger partial charge in [-0.2, -0.15) is 0 Å². The molecule has 2 heterocycles. The highest BCUT2D eigenvalue weighted by atomic mass is 16.7. The van der Waals surface area contributed by atoms with Gasteiger partial charge in [0.05, 0.1) is 18.7 Å². The van der Waals surface area contributed by atoms with Gasteiger partial charge in [-0.3, -0.25) is 9.59 Å². The quantitative estimate of drug-likeness (QED) is 0.0725. The zero-order chi connectivity index (χ0) is 44.6. The van der Waals surface area contributed by atoms with Gasteiger partial charge in [0, 0.05) is 35.6 Å². The molecule has 5 aromatic carbocycles. The van der Waals surface area contributed by atoms with E-state index in [1.54, 1.807) is 6.92 Å². The Morgan fingerprint density at radius 2 is 1.09 bits per heavy atom. The summed E-state index contributed by atoms with van der Waals surface area (Å²) in [5, 5.41) is 15.6. The number of benzene rings is 5. The molecule has 0 saturated heterocycles. The van der Waals surface area contributed by atoms with Crippen LogP contribution in [0.1, 0.15) is 66.6 Å². The molecular formula is C50H58N2O12. The smallest absolute Gasteiger partial charge is 0.407 e. The highest BCUT2D eigenvalue weighted by molar-refractivity contribution is 5.76. The van der Waals surface area contributed by atoms with Crippen LogP contribution < -0.4 is 39.1 Å². The summed E-state index contributed by atoms with van der Waals surface area (Å²) >= 11 is 0. The fourth-order valence-electron chi connectivity index (χ4n) is 7.00. The van der Waals surface area contributed by atoms with E-state index in [0.29, 0.717) is 67.0 Å². The van der Waals surface area contributed by atoms with Crippen LogP contribution in [0.4, 0.5) is 4.79 Å². The zero-order valence-electron chi connectivity index (χ0n) is 36.0. The first-order chi connectivity index (χ1) is 30.6. The summed E-state index contributed by atoms with van der Waals surface area (Å²) < 4.78 is 45.2. The summed E-state index contributed by atoms with van der Waals surface area (Å²) in [7, 11) is 0. The van der Waals surface area contributed by atoms with Crippen molar-refractivity contribution in [3.8, 4) is 34.5 Å². The lowest BCUT2D eigenvalue weighted by Gasteiger charge is -2.22. The molecule has 5 aromatic rings. The Bertz CT molecular complexity index is 2290. The number of hydrogen-bond acceptors (Lipinski definition) is 12. The van der Waals surface area contributed by atoms with E-state index in [-0.39, 0.29) is 52.8 Å². The molecule has 2 atom stereocenters. The van der Waals surface area contributed by atoms with Gasteiger partial charge in [-0.05, 0) is 55.5 Å². The number of esters is 1. The number of carbonyl (C=O) groups excluding carboxylic acids is 3. The average molecular weight is 879 g/mol. The Hall–Kier alpha value is -6.93. The number of carbonyl (C=O) groups is 3. The lowest BCUT2D eigenvalue weighted by molar-refractivity contribution is -0.142. The number of fused-ring (bicyclic) bond motifs is 2. The fraction of sp³-hybridized carbons (Fsp3) is 0.340. The van der Waals surface area contributed by atoms with Crippen LogP contribution >= 0.6 is 0 Å². The van der Waals surface area contributed by atoms with E-state index in [4.69, 9.17) is 37.9 Å². The number of aliphatic hydroxyl groups excluding tert-OH is 1. The highest BCUT2D eigenvalue weighted by Gasteiger charge is 2.27. The fourth-order valence-corrected chi connectivity index (χ4v) is 7.00. The predicted octanol–water partition coefficient (Wildman–Crippen LogP) is 8.07. The van der Waals surface area contributed by atoms with Crippen molar-refractivity contribution in [2.75, 3.05) is 26.8 Å². The Labute approximate surface area is 374 Å². The van der Waals surface area contributed by atoms with Crippen LogP contribution in [0.5, 0.6) is 34.5 Å². The zero-order valence-corrected chi connectivity index (χ0v) is 36.0. The van der Waals surface area contributed by atoms with Crippen molar-refractivity contribution >= 4 is 18.0 Å². The molecule has 2 amide bonds. The summed E-state index contributed by atoms with van der Waals surface area (Å²) in [6, 6.07) is 31.9. The average Bonchev–Trinajstić information content (AvgIpc) is 3.99. The SMILES string of the molecule is C.CCC(=O)N[C@H](COC(C)=O)Cc1cc2c(c(C)c1OCc1ccccc1)OCO2.Cc1c(OCc2ccccc2)c(C[C@@H](CO)NC(=O)OCc2ccccc2)cc2c1OCO2. The first kappa shape index (κ1) is 48.1. The van der Waals surface area contributed by atoms with Gasteiger partial charge in [0.1, 0.15) is 37.9 Å². The van der Waals surface area contributed by atoms with Crippen LogP contribution in [0.15, 0.2) is 103 Å². The number of amides is 2. The molecule has 2 aliphatic heterocycles. The van der Waals surface area contributed by atoms with Crippen molar-refractivity contribution in [2.45, 2.75) is 86.3 Å². The molecule has 0 aliphatic carbocycles. The third-order valence-electron chi connectivity index (χ3n) is 10.2. The lowest BCUT2D eigenvalue weighted by Crippen LogP contribution is -2.40. The highest BCUT2D eigenvalue weighted by Crippen LogP contribution is 2.44. The maximum atomic E-state index is 12.3. The predicted molar refractivity (Wildman–Crippen MR) is 240 cm³/mol. The first-order valence-corrected chi connectivity index (χ1v) is 20.8. The van der Waals surface area contributed by atoms with Gasteiger partial charge in [-0.15, -0.1) is 0 Å². The molecule has 2 aliphatic rings. The molecule has 0 fully saturated rings. The number of ether oxygens (including phenoxy) is 8. The molecule has 340 valence electrons. The minimum Gasteiger partial charge on any atom is -0.488 e. The van der Waals surface area contributed by atoms with Crippen LogP contribution in [0.25, 0.3) is 0 Å². The van der Waals surface area contributed by atoms with E-state index in [2.05, 4.69) is 10.6 Å². The minimum absolute atomic E-state index is 0. The van der Waals surface area contributed by atoms with E-state index >= 15 is 0 Å². The maximum absolute atomic E-state index is 12.3. The van der Waals surface area contributed by atoms with Crippen molar-refractivity contribution in [3.05, 3.63) is 142 Å². The van der Waals surface area contributed by atoms with E-state index in [9.17, 15) is 19.5 Å². The lowest BCUT2D eigenvalue weighted by atomic mass is 10.0. The van der Waals surface area contributed by atoms with Crippen molar-refractivity contribution in [2.24, 2.45) is 0 Å². The maximum Gasteiger partial charge on any atom is 0.407 e. The van der Waals surface area contributed by atoms with Crippen LogP contribution in [0, 0.1) is 13.8 Å². The van der Waals surface area contributed by atoms with Crippen molar-refractivity contribution < 1.29 is 57.4 Å². The van der Waals surface area contributed by atoms with Gasteiger partial charge >= 0.3 is 12.1 Å². The van der Waals surface area contributed by atoms with Crippen molar-refractivity contribution in [1.29, 1.82) is 0 Å². The molecular weight excluding hydrogens is 821 g/mol. The van der Waals surface area contributed by atoms with Gasteiger partial charge in [0.2, 0.25) is 19.5 Å². The minimum atomic E-state index is -0.595. The van der Waals surface area contributed by atoms with Crippen molar-refractivity contribution in [1.82, 2.24) is 10.6 Å². The van der Waals surface area contributed by atoms with Gasteiger partial charge < -0.3 is 53.6 Å². The van der Waals surface area contributed by atoms with Crippen LogP contribution in [0.2, 0.25) is 0 Å². The first-order valence-electron chi connectivity index (χ1n) is 20.8. The number of alkyl carbamates (subject to hydrolysis) is 1. The molecule has 0 spiro atoms. The molecule has 14 heteroatoms. The molecule has 0 unspecified atom stereocenters. The van der Waals surface area contributed by atoms with E-state index < -0.39 is 18.1 Å². The number of nitrogens with one attached hydrogen (secondary N) is 2. The van der Waals surface area contributed by atoms with Crippen LogP contribution in [-0.2, 0) is 51.7 Å². The molecule has 64 heavy (non-hydrogen) atoms. The molecule has 0 bridgehead atoms. The summed E-state index contributed by atoms with van der Waals surface area (Å²) in [6.07, 6.45) is 0.495. The second-order valence-electron chi connectivity index (χ2n) is 14.9. The summed E-state index contributed by atoms with van der Waals surface area (Å²) in [5.74, 6) is 3.40. The number of aliphatic hydroxyl groups is 1. The number of rotatable bonds is 18. The van der Waals surface area contributed by atoms with Gasteiger partial charge in [-0.1, -0.05) is 105 Å². The molecule has 3 N–H and O–H groups in total. The molecule has 0 saturated carbocycles. The molecule has 0 aromatic heterocycles. The third kappa shape index (κ3) is 13.5. The van der Waals surface area contributed by atoms with Gasteiger partial charge in [0.15, 0.2) is 23.0 Å². The molecule has 0 radical (unpaired) electrons. The monoisotopic (exact) mass is 878 g/mol. The summed E-state index contributed by atoms with van der Waals surface area (Å²) in [4.78, 5) is 35.6. The number of hydrogen-bond donors (Lipinski definition) is 3. The summed E-state index contributed by atoms with van der Waals surface area (Å²) in [5.41, 5.74) is 6.26. The topological polar surface area (TPSA) is 169 Å². The van der Waals surface area contributed by atoms with E-state index in [0.717, 1.165) is 38.9 Å². The van der Waals surface area contributed by atoms with Gasteiger partial charge in [0.25, 0.3) is 0 Å². The van der Waals surface area contributed by atoms with E-state index in [1.807, 2.05) is 117 Å². The van der Waals surface area contributed by atoms with Gasteiger partial charge in [-0.25, -0.2) is 4.79 Å². The van der Waals surface area contributed by atoms with Crippen LogP contribution in [0.3, 0.4) is 0 Å².